The number of nitrogens with two attached hydrogens (primary N) is 1. The van der Waals surface area contributed by atoms with Crippen LogP contribution in [0.1, 0.15) is 62.4 Å². The topological polar surface area (TPSA) is 131 Å². The molecule has 0 aliphatic carbocycles. The second kappa shape index (κ2) is 13.9. The Balaban J connectivity index is 1.36. The molecule has 3 aromatic carbocycles. The van der Waals surface area contributed by atoms with Crippen LogP contribution in [0.2, 0.25) is 5.02 Å². The molecular formula is C31H30ClF3N8O2. The fourth-order valence-electron chi connectivity index (χ4n) is 4.95. The van der Waals surface area contributed by atoms with Gasteiger partial charge in [0.15, 0.2) is 0 Å². The van der Waals surface area contributed by atoms with Crippen LogP contribution in [0.15, 0.2) is 72.0 Å². The van der Waals surface area contributed by atoms with Crippen LogP contribution in [0.5, 0.6) is 0 Å². The summed E-state index contributed by atoms with van der Waals surface area (Å²) >= 11 is 5.70. The highest BCUT2D eigenvalue weighted by Crippen LogP contribution is 2.35. The molecule has 0 atom stereocenters. The number of carbonyl (C=O) groups excluding carboxylic acids is 2. The van der Waals surface area contributed by atoms with Crippen molar-refractivity contribution in [3.05, 3.63) is 105 Å². The maximum Gasteiger partial charge on any atom is 0.417 e. The third-order valence-electron chi connectivity index (χ3n) is 7.22. The molecule has 0 radical (unpaired) electrons. The molecule has 2 amide bonds. The molecule has 0 unspecified atom stereocenters. The summed E-state index contributed by atoms with van der Waals surface area (Å²) in [4.78, 5) is 28.8. The highest BCUT2D eigenvalue weighted by Gasteiger charge is 2.33. The number of nitrogens with one attached hydrogen (secondary N) is 2. The zero-order chi connectivity index (χ0) is 32.0. The molecule has 0 spiro atoms. The number of rotatable bonds is 9. The number of alkyl halides is 3. The molecule has 1 aliphatic heterocycles. The van der Waals surface area contributed by atoms with E-state index in [1.54, 1.807) is 41.2 Å². The Kier molecular flexibility index (Phi) is 9.79. The number of hydrazone groups is 1. The maximum atomic E-state index is 13.4. The molecule has 45 heavy (non-hydrogen) atoms. The predicted molar refractivity (Wildman–Crippen MR) is 165 cm³/mol. The Hall–Kier alpha value is -4.75. The molecule has 0 bridgehead atoms. The lowest BCUT2D eigenvalue weighted by Gasteiger charge is -2.29. The first-order valence-corrected chi connectivity index (χ1v) is 14.6. The van der Waals surface area contributed by atoms with Gasteiger partial charge < -0.3 is 16.0 Å². The first-order valence-electron chi connectivity index (χ1n) is 14.2. The number of nitrogens with zero attached hydrogens (tertiary/aromatic N) is 5. The van der Waals surface area contributed by atoms with Gasteiger partial charge in [-0.1, -0.05) is 35.0 Å². The van der Waals surface area contributed by atoms with Crippen molar-refractivity contribution in [2.75, 3.05) is 23.3 Å². The minimum Gasteiger partial charge on any atom is -0.372 e. The molecule has 4 aromatic rings. The van der Waals surface area contributed by atoms with Gasteiger partial charge in [0.05, 0.1) is 46.5 Å². The highest BCUT2D eigenvalue weighted by molar-refractivity contribution is 6.31. The molecular weight excluding hydrogens is 609 g/mol. The molecule has 2 heterocycles. The first-order chi connectivity index (χ1) is 21.6. The van der Waals surface area contributed by atoms with E-state index in [0.717, 1.165) is 62.0 Å². The quantitative estimate of drug-likeness (QED) is 0.165. The number of aromatic nitrogens is 3. The third-order valence-corrected chi connectivity index (χ3v) is 7.55. The number of piperidine rings is 1. The Morgan fingerprint density at radius 1 is 1.02 bits per heavy atom. The zero-order valence-electron chi connectivity index (χ0n) is 24.0. The average Bonchev–Trinajstić information content (AvgIpc) is 3.49. The monoisotopic (exact) mass is 638 g/mol. The Morgan fingerprint density at radius 2 is 1.82 bits per heavy atom. The molecule has 0 saturated carbocycles. The van der Waals surface area contributed by atoms with Gasteiger partial charge in [0.25, 0.3) is 11.8 Å². The van der Waals surface area contributed by atoms with Crippen LogP contribution in [0.4, 0.5) is 24.5 Å². The molecule has 1 saturated heterocycles. The minimum atomic E-state index is -4.64. The summed E-state index contributed by atoms with van der Waals surface area (Å²) in [7, 11) is 0. The second-order valence-electron chi connectivity index (χ2n) is 10.5. The Bertz CT molecular complexity index is 1720. The number of anilines is 2. The van der Waals surface area contributed by atoms with E-state index in [1.807, 2.05) is 12.1 Å². The summed E-state index contributed by atoms with van der Waals surface area (Å²) in [5.74, 6) is -1.09. The summed E-state index contributed by atoms with van der Waals surface area (Å²) in [5.41, 5.74) is 10.1. The van der Waals surface area contributed by atoms with Crippen LogP contribution in [-0.2, 0) is 19.3 Å². The van der Waals surface area contributed by atoms with Crippen molar-refractivity contribution in [1.29, 1.82) is 0 Å². The number of benzene rings is 3. The van der Waals surface area contributed by atoms with Crippen molar-refractivity contribution >= 4 is 41.0 Å². The summed E-state index contributed by atoms with van der Waals surface area (Å²) < 4.78 is 41.4. The number of hydrogen-bond acceptors (Lipinski definition) is 7. The summed E-state index contributed by atoms with van der Waals surface area (Å²) in [6, 6.07) is 15.4. The van der Waals surface area contributed by atoms with Crippen molar-refractivity contribution in [3.8, 4) is 0 Å². The Morgan fingerprint density at radius 3 is 2.56 bits per heavy atom. The maximum absolute atomic E-state index is 13.4. The van der Waals surface area contributed by atoms with E-state index in [0.29, 0.717) is 17.8 Å². The number of amides is 2. The van der Waals surface area contributed by atoms with E-state index in [9.17, 15) is 22.8 Å². The third kappa shape index (κ3) is 8.05. The van der Waals surface area contributed by atoms with Crippen molar-refractivity contribution in [1.82, 2.24) is 20.4 Å². The lowest BCUT2D eigenvalue weighted by Crippen LogP contribution is -2.30. The first kappa shape index (κ1) is 31.7. The van der Waals surface area contributed by atoms with E-state index < -0.39 is 28.6 Å². The van der Waals surface area contributed by atoms with Crippen molar-refractivity contribution in [2.45, 2.75) is 38.5 Å². The van der Waals surface area contributed by atoms with E-state index in [4.69, 9.17) is 17.3 Å². The van der Waals surface area contributed by atoms with Gasteiger partial charge in [-0.2, -0.15) is 18.3 Å². The van der Waals surface area contributed by atoms with Gasteiger partial charge in [-0.25, -0.2) is 10.1 Å². The van der Waals surface area contributed by atoms with E-state index in [-0.39, 0.29) is 23.4 Å². The van der Waals surface area contributed by atoms with Gasteiger partial charge in [0, 0.05) is 30.9 Å². The minimum absolute atomic E-state index is 0.0904. The summed E-state index contributed by atoms with van der Waals surface area (Å²) in [6.45, 7) is 2.30. The second-order valence-corrected chi connectivity index (χ2v) is 10.9. The molecule has 234 valence electrons. The number of halogens is 4. The van der Waals surface area contributed by atoms with Gasteiger partial charge in [-0.05, 0) is 72.9 Å². The molecule has 5 rings (SSSR count). The van der Waals surface area contributed by atoms with Gasteiger partial charge in [-0.3, -0.25) is 9.59 Å². The molecule has 1 aromatic heterocycles. The van der Waals surface area contributed by atoms with Crippen molar-refractivity contribution in [2.24, 2.45) is 10.8 Å². The van der Waals surface area contributed by atoms with E-state index in [1.165, 1.54) is 6.07 Å². The van der Waals surface area contributed by atoms with Crippen molar-refractivity contribution in [3.63, 3.8) is 0 Å². The van der Waals surface area contributed by atoms with Gasteiger partial charge in [-0.15, -0.1) is 5.10 Å². The van der Waals surface area contributed by atoms with Gasteiger partial charge in [0.1, 0.15) is 0 Å². The fraction of sp³-hybridized carbons (Fsp3) is 0.258. The SMILES string of the molecule is NCc1cn(Cc2cccc(C(=O)Nc3ccc(N4CCCCC4)cc3C(=O)N/N=C/c3ccc(Cl)c(C(F)(F)F)c3)c2)nn1. The Labute approximate surface area is 262 Å². The fourth-order valence-corrected chi connectivity index (χ4v) is 5.17. The summed E-state index contributed by atoms with van der Waals surface area (Å²) in [6.07, 6.45) is 1.33. The van der Waals surface area contributed by atoms with E-state index >= 15 is 0 Å². The van der Waals surface area contributed by atoms with E-state index in [2.05, 4.69) is 31.1 Å². The van der Waals surface area contributed by atoms with Crippen molar-refractivity contribution < 1.29 is 22.8 Å². The van der Waals surface area contributed by atoms with Crippen LogP contribution < -0.4 is 21.4 Å². The lowest BCUT2D eigenvalue weighted by molar-refractivity contribution is -0.137. The van der Waals surface area contributed by atoms with Gasteiger partial charge in [0.2, 0.25) is 0 Å². The van der Waals surface area contributed by atoms with Crippen LogP contribution in [-0.4, -0.2) is 46.1 Å². The largest absolute Gasteiger partial charge is 0.417 e. The number of carbonyl (C=O) groups is 2. The van der Waals surface area contributed by atoms with Crippen LogP contribution >= 0.6 is 11.6 Å². The lowest BCUT2D eigenvalue weighted by atomic mass is 10.1. The standard InChI is InChI=1S/C31H30ClF3N8O2/c32-27-9-7-20(14-26(27)31(33,34)35)17-37-40-30(45)25-15-24(42-11-2-1-3-12-42)8-10-28(25)38-29(44)22-6-4-5-21(13-22)18-43-19-23(16-36)39-41-43/h4-10,13-15,17,19H,1-3,11-12,16,18,36H2,(H,38,44)(H,40,45)/b37-17+. The summed E-state index contributed by atoms with van der Waals surface area (Å²) in [5, 5.41) is 14.3. The molecule has 1 aliphatic rings. The number of hydrogen-bond donors (Lipinski definition) is 3. The van der Waals surface area contributed by atoms with Crippen LogP contribution in [0.3, 0.4) is 0 Å². The average molecular weight is 639 g/mol. The molecule has 14 heteroatoms. The molecule has 4 N–H and O–H groups in total. The highest BCUT2D eigenvalue weighted by atomic mass is 35.5. The smallest absolute Gasteiger partial charge is 0.372 e. The van der Waals surface area contributed by atoms with Crippen LogP contribution in [0.25, 0.3) is 0 Å². The van der Waals surface area contributed by atoms with Crippen LogP contribution in [0, 0.1) is 0 Å². The predicted octanol–water partition coefficient (Wildman–Crippen LogP) is 5.46. The normalized spacial score (nSPS) is 13.7. The van der Waals surface area contributed by atoms with Gasteiger partial charge >= 0.3 is 6.18 Å². The molecule has 10 nitrogen and oxygen atoms in total. The molecule has 1 fully saturated rings. The zero-order valence-corrected chi connectivity index (χ0v) is 24.8.